The van der Waals surface area contributed by atoms with Gasteiger partial charge in [-0.15, -0.1) is 0 Å². The topological polar surface area (TPSA) is 194 Å². The summed E-state index contributed by atoms with van der Waals surface area (Å²) < 4.78 is 48.2. The van der Waals surface area contributed by atoms with Gasteiger partial charge in [0.25, 0.3) is 5.56 Å². The minimum atomic E-state index is -3.57. The maximum atomic E-state index is 16.2. The van der Waals surface area contributed by atoms with Crippen molar-refractivity contribution in [2.75, 3.05) is 42.9 Å². The Bertz CT molecular complexity index is 3040. The summed E-state index contributed by atoms with van der Waals surface area (Å²) in [6, 6.07) is 8.61. The fraction of sp³-hybridized carbons (Fsp3) is 0.532. The van der Waals surface area contributed by atoms with Crippen LogP contribution in [-0.2, 0) is 26.5 Å². The van der Waals surface area contributed by atoms with Crippen LogP contribution >= 0.6 is 11.6 Å². The molecule has 0 bridgehead atoms. The molecule has 1 spiro atoms. The average Bonchev–Trinajstić information content (AvgIpc) is 3.75. The number of aromatic nitrogens is 5. The first kappa shape index (κ1) is 44.7. The Hall–Kier alpha value is -5.17. The van der Waals surface area contributed by atoms with Gasteiger partial charge in [-0.05, 0) is 144 Å². The quantitative estimate of drug-likeness (QED) is 0.154. The van der Waals surface area contributed by atoms with Crippen molar-refractivity contribution in [3.63, 3.8) is 0 Å². The fourth-order valence-corrected chi connectivity index (χ4v) is 13.9. The number of halogens is 2. The lowest BCUT2D eigenvalue weighted by atomic mass is 9.63. The molecule has 0 radical (unpaired) electrons. The number of rotatable bonds is 9. The highest BCUT2D eigenvalue weighted by molar-refractivity contribution is 7.92. The Morgan fingerprint density at radius 1 is 0.970 bits per heavy atom. The lowest BCUT2D eigenvalue weighted by Crippen LogP contribution is -2.52. The number of aryl methyl sites for hydroxylation is 2. The molecule has 66 heavy (non-hydrogen) atoms. The van der Waals surface area contributed by atoms with Crippen LogP contribution in [0.2, 0.25) is 5.02 Å². The van der Waals surface area contributed by atoms with E-state index in [0.717, 1.165) is 51.7 Å². The van der Waals surface area contributed by atoms with Crippen LogP contribution in [0.4, 0.5) is 21.7 Å². The standard InChI is InChI=1S/C47H55ClFN9O7S/c1-27-21-30(6-7-33(27)51-44-50-25-29-22-32(48)43(61)58(41(29)53-44)37-5-4-14-46(37,2)63)66(64,65)31-23-47(24-31)15-19-55(20-16-47)26-28-12-17-56(18-13-28)34-8-9-35-40(39(34)49)54(3)45(62)57(35)36-10-11-38(59)52-42(36)60/h6-9,21-22,25,28,31,36-37,63H,4-5,10-20,23-24,26H2,1-3H3,(H,50,51,53)(H,52,59,60)/t36?,37?,46-/m1/s1. The molecule has 3 saturated heterocycles. The number of fused-ring (bicyclic) bond motifs is 2. The van der Waals surface area contributed by atoms with Crippen LogP contribution in [-0.4, -0.2) is 97.5 Å². The van der Waals surface area contributed by atoms with Gasteiger partial charge in [0.15, 0.2) is 15.7 Å². The molecule has 2 amide bonds. The number of benzene rings is 2. The number of aliphatic hydroxyl groups is 1. The van der Waals surface area contributed by atoms with E-state index in [-0.39, 0.29) is 45.5 Å². The first-order valence-corrected chi connectivity index (χ1v) is 25.0. The predicted octanol–water partition coefficient (Wildman–Crippen LogP) is 5.68. The van der Waals surface area contributed by atoms with Crippen LogP contribution in [0, 0.1) is 24.1 Å². The molecule has 2 aliphatic carbocycles. The van der Waals surface area contributed by atoms with E-state index in [1.165, 1.54) is 26.8 Å². The molecule has 3 N–H and O–H groups in total. The van der Waals surface area contributed by atoms with Crippen molar-refractivity contribution >= 4 is 72.6 Å². The lowest BCUT2D eigenvalue weighted by molar-refractivity contribution is -0.135. The van der Waals surface area contributed by atoms with Gasteiger partial charge in [-0.2, -0.15) is 4.98 Å². The summed E-state index contributed by atoms with van der Waals surface area (Å²) in [5.74, 6) is -0.758. The molecular formula is C47H55ClFN9O7S. The van der Waals surface area contributed by atoms with Gasteiger partial charge in [0.05, 0.1) is 33.0 Å². The van der Waals surface area contributed by atoms with Crippen LogP contribution in [0.15, 0.2) is 57.1 Å². The van der Waals surface area contributed by atoms with E-state index in [2.05, 4.69) is 25.5 Å². The van der Waals surface area contributed by atoms with Gasteiger partial charge in [0.1, 0.15) is 22.2 Å². The van der Waals surface area contributed by atoms with Gasteiger partial charge in [-0.3, -0.25) is 33.4 Å². The van der Waals surface area contributed by atoms with E-state index in [1.54, 1.807) is 43.5 Å². The number of likely N-dealkylation sites (tertiary alicyclic amines) is 1. The zero-order valence-electron chi connectivity index (χ0n) is 37.4. The van der Waals surface area contributed by atoms with E-state index in [9.17, 15) is 32.7 Å². The highest BCUT2D eigenvalue weighted by Gasteiger charge is 2.51. The third-order valence-electron chi connectivity index (χ3n) is 15.5. The third-order valence-corrected chi connectivity index (χ3v) is 17.9. The first-order valence-electron chi connectivity index (χ1n) is 23.1. The van der Waals surface area contributed by atoms with Gasteiger partial charge in [-0.1, -0.05) is 11.6 Å². The maximum absolute atomic E-state index is 16.2. The molecule has 3 atom stereocenters. The molecule has 5 fully saturated rings. The number of nitrogens with zero attached hydrogens (tertiary/aromatic N) is 7. The predicted molar refractivity (Wildman–Crippen MR) is 249 cm³/mol. The number of sulfone groups is 1. The molecule has 2 unspecified atom stereocenters. The number of carbonyl (C=O) groups excluding carboxylic acids is 2. The normalized spacial score (nSPS) is 24.4. The second kappa shape index (κ2) is 16.6. The van der Waals surface area contributed by atoms with Gasteiger partial charge in [-0.25, -0.2) is 22.6 Å². The Morgan fingerprint density at radius 3 is 2.39 bits per heavy atom. The molecule has 16 nitrogen and oxygen atoms in total. The maximum Gasteiger partial charge on any atom is 0.329 e. The minimum Gasteiger partial charge on any atom is -0.388 e. The Kier molecular flexibility index (Phi) is 11.2. The molecule has 2 saturated carbocycles. The highest BCUT2D eigenvalue weighted by Crippen LogP contribution is 2.53. The van der Waals surface area contributed by atoms with Gasteiger partial charge < -0.3 is 20.2 Å². The van der Waals surface area contributed by atoms with Crippen LogP contribution < -0.4 is 26.8 Å². The molecule has 3 aromatic heterocycles. The smallest absolute Gasteiger partial charge is 0.329 e. The molecule has 10 rings (SSSR count). The van der Waals surface area contributed by atoms with Crippen molar-refractivity contribution in [3.05, 3.63) is 79.8 Å². The average molecular weight is 945 g/mol. The number of imidazole rings is 1. The summed E-state index contributed by atoms with van der Waals surface area (Å²) in [4.78, 5) is 64.8. The number of hydrogen-bond donors (Lipinski definition) is 3. The summed E-state index contributed by atoms with van der Waals surface area (Å²) in [6.07, 6.45) is 8.77. The van der Waals surface area contributed by atoms with Crippen molar-refractivity contribution in [1.29, 1.82) is 0 Å². The number of anilines is 3. The number of amides is 2. The summed E-state index contributed by atoms with van der Waals surface area (Å²) in [7, 11) is -2.07. The minimum absolute atomic E-state index is 0.0198. The molecule has 2 aromatic carbocycles. The summed E-state index contributed by atoms with van der Waals surface area (Å²) in [5.41, 5.74) is 0.615. The van der Waals surface area contributed by atoms with Crippen molar-refractivity contribution in [3.8, 4) is 0 Å². The van der Waals surface area contributed by atoms with E-state index in [4.69, 9.17) is 11.6 Å². The van der Waals surface area contributed by atoms with Gasteiger partial charge >= 0.3 is 5.69 Å². The van der Waals surface area contributed by atoms with Crippen LogP contribution in [0.25, 0.3) is 22.1 Å². The Balaban J connectivity index is 0.730. The fourth-order valence-electron chi connectivity index (χ4n) is 11.6. The molecule has 350 valence electrons. The largest absolute Gasteiger partial charge is 0.388 e. The lowest BCUT2D eigenvalue weighted by Gasteiger charge is -2.52. The van der Waals surface area contributed by atoms with Crippen molar-refractivity contribution in [2.45, 2.75) is 112 Å². The number of pyridine rings is 1. The second-order valence-electron chi connectivity index (χ2n) is 19.8. The SMILES string of the molecule is Cc1cc(S(=O)(=O)C2CC3(CCN(CC4CCN(c5ccc6c(c5F)n(C)c(=O)n6C5CCC(=O)NC5=O)CC4)CC3)C2)ccc1Nc1ncc2cc(Cl)c(=O)n(C3CCC[C@@]3(C)O)c2n1. The number of carbonyl (C=O) groups is 2. The molecule has 19 heteroatoms. The molecular weight excluding hydrogens is 889 g/mol. The van der Waals surface area contributed by atoms with Gasteiger partial charge in [0.2, 0.25) is 17.8 Å². The number of nitrogens with one attached hydrogen (secondary N) is 2. The Labute approximate surface area is 386 Å². The summed E-state index contributed by atoms with van der Waals surface area (Å²) in [5, 5.41) is 16.7. The highest BCUT2D eigenvalue weighted by atomic mass is 35.5. The number of hydrogen-bond acceptors (Lipinski definition) is 12. The van der Waals surface area contributed by atoms with Crippen LogP contribution in [0.3, 0.4) is 0 Å². The Morgan fingerprint density at radius 2 is 1.71 bits per heavy atom. The number of imide groups is 1. The van der Waals surface area contributed by atoms with Crippen molar-refractivity contribution in [1.82, 2.24) is 33.9 Å². The van der Waals surface area contributed by atoms with E-state index < -0.39 is 55.7 Å². The van der Waals surface area contributed by atoms with Crippen LogP contribution in [0.1, 0.15) is 95.2 Å². The van der Waals surface area contributed by atoms with E-state index >= 15 is 4.39 Å². The number of piperidine rings is 3. The molecule has 5 aromatic rings. The van der Waals surface area contributed by atoms with Crippen LogP contribution in [0.5, 0.6) is 0 Å². The monoisotopic (exact) mass is 943 g/mol. The first-order chi connectivity index (χ1) is 31.4. The van der Waals surface area contributed by atoms with E-state index in [1.807, 2.05) is 11.8 Å². The second-order valence-corrected chi connectivity index (χ2v) is 22.4. The molecule has 6 heterocycles. The molecule has 3 aliphatic heterocycles. The zero-order chi connectivity index (χ0) is 46.4. The van der Waals surface area contributed by atoms with Crippen molar-refractivity contribution in [2.24, 2.45) is 18.4 Å². The van der Waals surface area contributed by atoms with E-state index in [0.29, 0.717) is 78.2 Å². The zero-order valence-corrected chi connectivity index (χ0v) is 38.9. The van der Waals surface area contributed by atoms with Crippen molar-refractivity contribution < 1.29 is 27.5 Å². The summed E-state index contributed by atoms with van der Waals surface area (Å²) >= 11 is 6.32. The molecule has 5 aliphatic rings. The van der Waals surface area contributed by atoms with Gasteiger partial charge in [0, 0.05) is 50.4 Å². The third kappa shape index (κ3) is 7.70. The summed E-state index contributed by atoms with van der Waals surface area (Å²) in [6.45, 7) is 7.67.